The van der Waals surface area contributed by atoms with E-state index in [1.807, 2.05) is 42.3 Å². The summed E-state index contributed by atoms with van der Waals surface area (Å²) in [5, 5.41) is 2.96. The highest BCUT2D eigenvalue weighted by atomic mass is 79.9. The van der Waals surface area contributed by atoms with Crippen LogP contribution in [-0.4, -0.2) is 24.4 Å². The van der Waals surface area contributed by atoms with Gasteiger partial charge in [0.05, 0.1) is 6.54 Å². The molecule has 0 aliphatic carbocycles. The Morgan fingerprint density at radius 1 is 1.14 bits per heavy atom. The summed E-state index contributed by atoms with van der Waals surface area (Å²) in [5.41, 5.74) is 3.52. The minimum Gasteiger partial charge on any atom is -0.351 e. The summed E-state index contributed by atoms with van der Waals surface area (Å²) in [7, 11) is 1.95. The van der Waals surface area contributed by atoms with Gasteiger partial charge in [-0.25, -0.2) is 0 Å². The van der Waals surface area contributed by atoms with Crippen molar-refractivity contribution in [3.8, 4) is 0 Å². The van der Waals surface area contributed by atoms with Gasteiger partial charge in [-0.3, -0.25) is 9.69 Å². The van der Waals surface area contributed by atoms with Crippen molar-refractivity contribution in [1.82, 2.24) is 10.2 Å². The number of hydrogen-bond donors (Lipinski definition) is 1. The van der Waals surface area contributed by atoms with Crippen molar-refractivity contribution in [2.75, 3.05) is 13.6 Å². The summed E-state index contributed by atoms with van der Waals surface area (Å²) in [5.74, 6) is 0.0372. The molecule has 1 N–H and O–H groups in total. The smallest absolute Gasteiger partial charge is 0.234 e. The van der Waals surface area contributed by atoms with Crippen molar-refractivity contribution in [2.24, 2.45) is 0 Å². The van der Waals surface area contributed by atoms with Crippen LogP contribution in [0, 0.1) is 6.92 Å². The first-order chi connectivity index (χ1) is 10.5. The monoisotopic (exact) mass is 360 g/mol. The van der Waals surface area contributed by atoms with E-state index in [0.29, 0.717) is 13.1 Å². The van der Waals surface area contributed by atoms with Crippen LogP contribution in [0.4, 0.5) is 0 Å². The van der Waals surface area contributed by atoms with Crippen LogP contribution in [0.3, 0.4) is 0 Å². The Morgan fingerprint density at radius 3 is 2.50 bits per heavy atom. The van der Waals surface area contributed by atoms with Gasteiger partial charge in [0.1, 0.15) is 0 Å². The summed E-state index contributed by atoms with van der Waals surface area (Å²) < 4.78 is 1.07. The first-order valence-corrected chi connectivity index (χ1v) is 8.08. The molecule has 1 amide bonds. The lowest BCUT2D eigenvalue weighted by Crippen LogP contribution is -2.34. The fourth-order valence-electron chi connectivity index (χ4n) is 2.18. The maximum atomic E-state index is 12.0. The van der Waals surface area contributed by atoms with Crippen LogP contribution in [0.15, 0.2) is 53.0 Å². The van der Waals surface area contributed by atoms with Crippen LogP contribution >= 0.6 is 15.9 Å². The largest absolute Gasteiger partial charge is 0.351 e. The second-order valence-electron chi connectivity index (χ2n) is 5.53. The molecule has 3 nitrogen and oxygen atoms in total. The molecule has 0 spiro atoms. The molecule has 0 saturated carbocycles. The molecule has 0 atom stereocenters. The van der Waals surface area contributed by atoms with E-state index in [0.717, 1.165) is 16.6 Å². The molecule has 2 rings (SSSR count). The van der Waals surface area contributed by atoms with E-state index in [9.17, 15) is 4.79 Å². The zero-order valence-corrected chi connectivity index (χ0v) is 14.6. The predicted octanol–water partition coefficient (Wildman–Crippen LogP) is 3.51. The van der Waals surface area contributed by atoms with Gasteiger partial charge < -0.3 is 5.32 Å². The van der Waals surface area contributed by atoms with Crippen LogP contribution < -0.4 is 5.32 Å². The Morgan fingerprint density at radius 2 is 1.82 bits per heavy atom. The molecule has 0 heterocycles. The zero-order valence-electron chi connectivity index (χ0n) is 13.0. The molecular weight excluding hydrogens is 340 g/mol. The summed E-state index contributed by atoms with van der Waals surface area (Å²) >= 11 is 3.53. The summed E-state index contributed by atoms with van der Waals surface area (Å²) in [6.45, 7) is 3.74. The van der Waals surface area contributed by atoms with Crippen molar-refractivity contribution in [2.45, 2.75) is 20.0 Å². The third kappa shape index (κ3) is 5.28. The highest BCUT2D eigenvalue weighted by Gasteiger charge is 2.08. The standard InChI is InChI=1S/C18H21BrN2O/c1-14-7-9-15(10-8-14)11-20-18(22)13-21(2)12-16-5-3-4-6-17(16)19/h3-10H,11-13H2,1-2H3,(H,20,22). The van der Waals surface area contributed by atoms with Gasteiger partial charge in [-0.2, -0.15) is 0 Å². The molecule has 0 aliphatic rings. The molecule has 116 valence electrons. The van der Waals surface area contributed by atoms with E-state index in [-0.39, 0.29) is 5.91 Å². The van der Waals surface area contributed by atoms with Crippen molar-refractivity contribution >= 4 is 21.8 Å². The normalized spacial score (nSPS) is 10.7. The fraction of sp³-hybridized carbons (Fsp3) is 0.278. The molecular formula is C18H21BrN2O. The average Bonchev–Trinajstić information content (AvgIpc) is 2.49. The summed E-state index contributed by atoms with van der Waals surface area (Å²) in [4.78, 5) is 14.0. The van der Waals surface area contributed by atoms with E-state index >= 15 is 0 Å². The first-order valence-electron chi connectivity index (χ1n) is 7.29. The average molecular weight is 361 g/mol. The Kier molecular flexibility index (Phi) is 6.16. The highest BCUT2D eigenvalue weighted by Crippen LogP contribution is 2.17. The minimum atomic E-state index is 0.0372. The van der Waals surface area contributed by atoms with Crippen LogP contribution in [0.1, 0.15) is 16.7 Å². The zero-order chi connectivity index (χ0) is 15.9. The fourth-order valence-corrected chi connectivity index (χ4v) is 2.59. The van der Waals surface area contributed by atoms with E-state index in [4.69, 9.17) is 0 Å². The molecule has 0 aromatic heterocycles. The van der Waals surface area contributed by atoms with E-state index < -0.39 is 0 Å². The number of likely N-dealkylation sites (N-methyl/N-ethyl adjacent to an activating group) is 1. The van der Waals surface area contributed by atoms with Crippen LogP contribution in [0.2, 0.25) is 0 Å². The maximum absolute atomic E-state index is 12.0. The topological polar surface area (TPSA) is 32.3 Å². The number of carbonyl (C=O) groups excluding carboxylic acids is 1. The number of aryl methyl sites for hydroxylation is 1. The van der Waals surface area contributed by atoms with Gasteiger partial charge in [0.2, 0.25) is 5.91 Å². The van der Waals surface area contributed by atoms with Crippen molar-refractivity contribution < 1.29 is 4.79 Å². The molecule has 2 aromatic rings. The lowest BCUT2D eigenvalue weighted by atomic mass is 10.1. The summed E-state index contributed by atoms with van der Waals surface area (Å²) in [6.07, 6.45) is 0. The number of benzene rings is 2. The minimum absolute atomic E-state index is 0.0372. The third-order valence-corrected chi connectivity index (χ3v) is 4.20. The lowest BCUT2D eigenvalue weighted by molar-refractivity contribution is -0.122. The van der Waals surface area contributed by atoms with Gasteiger partial charge in [0.25, 0.3) is 0 Å². The van der Waals surface area contributed by atoms with Gasteiger partial charge in [-0.05, 0) is 31.2 Å². The lowest BCUT2D eigenvalue weighted by Gasteiger charge is -2.17. The number of rotatable bonds is 6. The second-order valence-corrected chi connectivity index (χ2v) is 6.38. The van der Waals surface area contributed by atoms with Gasteiger partial charge in [-0.15, -0.1) is 0 Å². The molecule has 4 heteroatoms. The molecule has 0 bridgehead atoms. The van der Waals surface area contributed by atoms with E-state index in [1.165, 1.54) is 11.1 Å². The van der Waals surface area contributed by atoms with E-state index in [1.54, 1.807) is 0 Å². The van der Waals surface area contributed by atoms with Gasteiger partial charge in [0.15, 0.2) is 0 Å². The van der Waals surface area contributed by atoms with Gasteiger partial charge in [-0.1, -0.05) is 64.0 Å². The second kappa shape index (κ2) is 8.11. The molecule has 0 fully saturated rings. The van der Waals surface area contributed by atoms with Crippen LogP contribution in [0.5, 0.6) is 0 Å². The number of carbonyl (C=O) groups is 1. The van der Waals surface area contributed by atoms with Crippen molar-refractivity contribution in [3.05, 3.63) is 69.7 Å². The molecule has 0 saturated heterocycles. The predicted molar refractivity (Wildman–Crippen MR) is 93.5 cm³/mol. The number of nitrogens with one attached hydrogen (secondary N) is 1. The first kappa shape index (κ1) is 16.7. The third-order valence-electron chi connectivity index (χ3n) is 3.42. The van der Waals surface area contributed by atoms with Crippen LogP contribution in [-0.2, 0) is 17.9 Å². The number of nitrogens with zero attached hydrogens (tertiary/aromatic N) is 1. The maximum Gasteiger partial charge on any atom is 0.234 e. The molecule has 2 aromatic carbocycles. The molecule has 0 aliphatic heterocycles. The Bertz CT molecular complexity index is 625. The Hall–Kier alpha value is -1.65. The Balaban J connectivity index is 1.79. The number of hydrogen-bond acceptors (Lipinski definition) is 2. The SMILES string of the molecule is Cc1ccc(CNC(=O)CN(C)Cc2ccccc2Br)cc1. The van der Waals surface area contributed by atoms with Crippen LogP contribution in [0.25, 0.3) is 0 Å². The number of amides is 1. The molecule has 22 heavy (non-hydrogen) atoms. The quantitative estimate of drug-likeness (QED) is 0.854. The molecule has 0 radical (unpaired) electrons. The van der Waals surface area contributed by atoms with Crippen molar-refractivity contribution in [1.29, 1.82) is 0 Å². The number of halogens is 1. The Labute approximate surface area is 140 Å². The van der Waals surface area contributed by atoms with Gasteiger partial charge >= 0.3 is 0 Å². The highest BCUT2D eigenvalue weighted by molar-refractivity contribution is 9.10. The van der Waals surface area contributed by atoms with Gasteiger partial charge in [0, 0.05) is 17.6 Å². The molecule has 0 unspecified atom stereocenters. The van der Waals surface area contributed by atoms with Crippen molar-refractivity contribution in [3.63, 3.8) is 0 Å². The summed E-state index contributed by atoms with van der Waals surface area (Å²) in [6, 6.07) is 16.3. The van der Waals surface area contributed by atoms with E-state index in [2.05, 4.69) is 46.4 Å².